The molecule has 0 saturated carbocycles. The maximum absolute atomic E-state index is 13.0. The summed E-state index contributed by atoms with van der Waals surface area (Å²) in [6.07, 6.45) is 2.52. The number of likely N-dealkylation sites (N-methyl/N-ethyl adjacent to an activating group) is 1. The molecule has 3 rings (SSSR count). The van der Waals surface area contributed by atoms with Crippen molar-refractivity contribution in [3.05, 3.63) is 47.8 Å². The molecular formula is C19H22N4O5S. The van der Waals surface area contributed by atoms with E-state index in [0.29, 0.717) is 11.3 Å². The van der Waals surface area contributed by atoms with Gasteiger partial charge in [-0.25, -0.2) is 8.42 Å². The lowest BCUT2D eigenvalue weighted by Crippen LogP contribution is -2.38. The molecule has 1 aromatic heterocycles. The maximum Gasteiger partial charge on any atom is 0.265 e. The Kier molecular flexibility index (Phi) is 5.85. The SMILES string of the molecule is Cc1cc2c(cc1S(=O)(=O)N(C)CC(=O)NCc1cccnc1)O[C@@H](C)C(=O)N2. The summed E-state index contributed by atoms with van der Waals surface area (Å²) >= 11 is 0. The number of carbonyl (C=O) groups is 2. The number of nitrogens with one attached hydrogen (secondary N) is 2. The third-order valence-corrected chi connectivity index (χ3v) is 6.42. The van der Waals surface area contributed by atoms with Crippen LogP contribution >= 0.6 is 0 Å². The first-order valence-corrected chi connectivity index (χ1v) is 10.4. The van der Waals surface area contributed by atoms with Gasteiger partial charge in [-0.2, -0.15) is 4.31 Å². The number of hydrogen-bond donors (Lipinski definition) is 2. The first kappa shape index (κ1) is 20.7. The summed E-state index contributed by atoms with van der Waals surface area (Å²) in [5, 5.41) is 5.35. The summed E-state index contributed by atoms with van der Waals surface area (Å²) in [5.41, 5.74) is 1.66. The Hall–Kier alpha value is -2.98. The summed E-state index contributed by atoms with van der Waals surface area (Å²) in [6.45, 7) is 3.11. The highest BCUT2D eigenvalue weighted by Gasteiger charge is 2.30. The minimum absolute atomic E-state index is 0.0159. The smallest absolute Gasteiger partial charge is 0.265 e. The van der Waals surface area contributed by atoms with E-state index in [4.69, 9.17) is 4.74 Å². The number of carbonyl (C=O) groups excluding carboxylic acids is 2. The molecule has 0 unspecified atom stereocenters. The zero-order valence-corrected chi connectivity index (χ0v) is 17.1. The van der Waals surface area contributed by atoms with Crippen molar-refractivity contribution in [2.75, 3.05) is 18.9 Å². The van der Waals surface area contributed by atoms with Crippen LogP contribution in [-0.4, -0.2) is 49.2 Å². The number of pyridine rings is 1. The van der Waals surface area contributed by atoms with Crippen LogP contribution in [0.15, 0.2) is 41.6 Å². The molecule has 1 aromatic carbocycles. The van der Waals surface area contributed by atoms with E-state index < -0.39 is 22.0 Å². The lowest BCUT2D eigenvalue weighted by molar-refractivity contribution is -0.123. The number of benzene rings is 1. The summed E-state index contributed by atoms with van der Waals surface area (Å²) in [6, 6.07) is 6.48. The van der Waals surface area contributed by atoms with E-state index in [1.807, 2.05) is 6.07 Å². The molecule has 2 heterocycles. The van der Waals surface area contributed by atoms with Gasteiger partial charge in [-0.1, -0.05) is 6.07 Å². The van der Waals surface area contributed by atoms with Crippen LogP contribution in [0, 0.1) is 6.92 Å². The average Bonchev–Trinajstić information content (AvgIpc) is 2.68. The van der Waals surface area contributed by atoms with Gasteiger partial charge in [0.1, 0.15) is 5.75 Å². The van der Waals surface area contributed by atoms with Gasteiger partial charge in [0.15, 0.2) is 6.10 Å². The molecule has 0 bridgehead atoms. The van der Waals surface area contributed by atoms with Crippen LogP contribution in [0.1, 0.15) is 18.1 Å². The second kappa shape index (κ2) is 8.18. The molecule has 2 amide bonds. The van der Waals surface area contributed by atoms with E-state index >= 15 is 0 Å². The highest BCUT2D eigenvalue weighted by atomic mass is 32.2. The maximum atomic E-state index is 13.0. The molecule has 0 spiro atoms. The Morgan fingerprint density at radius 3 is 2.83 bits per heavy atom. The molecule has 0 saturated heterocycles. The number of aromatic nitrogens is 1. The van der Waals surface area contributed by atoms with Crippen LogP contribution in [-0.2, 0) is 26.2 Å². The van der Waals surface area contributed by atoms with Crippen molar-refractivity contribution in [2.24, 2.45) is 0 Å². The van der Waals surface area contributed by atoms with Crippen molar-refractivity contribution in [1.82, 2.24) is 14.6 Å². The quantitative estimate of drug-likeness (QED) is 0.724. The molecule has 0 aliphatic carbocycles. The molecular weight excluding hydrogens is 396 g/mol. The van der Waals surface area contributed by atoms with Gasteiger partial charge in [-0.15, -0.1) is 0 Å². The molecule has 9 nitrogen and oxygen atoms in total. The van der Waals surface area contributed by atoms with Gasteiger partial charge in [0, 0.05) is 32.1 Å². The first-order valence-electron chi connectivity index (χ1n) is 8.92. The van der Waals surface area contributed by atoms with E-state index in [9.17, 15) is 18.0 Å². The van der Waals surface area contributed by atoms with Gasteiger partial charge in [0.25, 0.3) is 5.91 Å². The number of nitrogens with zero attached hydrogens (tertiary/aromatic N) is 2. The average molecular weight is 418 g/mol. The van der Waals surface area contributed by atoms with Gasteiger partial charge in [0.05, 0.1) is 17.1 Å². The van der Waals surface area contributed by atoms with Gasteiger partial charge in [0.2, 0.25) is 15.9 Å². The fourth-order valence-electron chi connectivity index (χ4n) is 2.84. The van der Waals surface area contributed by atoms with Crippen molar-refractivity contribution in [2.45, 2.75) is 31.4 Å². The minimum Gasteiger partial charge on any atom is -0.479 e. The van der Waals surface area contributed by atoms with Gasteiger partial charge in [-0.3, -0.25) is 14.6 Å². The van der Waals surface area contributed by atoms with E-state index in [2.05, 4.69) is 15.6 Å². The summed E-state index contributed by atoms with van der Waals surface area (Å²) in [4.78, 5) is 27.9. The third-order valence-electron chi connectivity index (χ3n) is 4.47. The Bertz CT molecular complexity index is 1040. The number of rotatable bonds is 6. The minimum atomic E-state index is -3.94. The number of aryl methyl sites for hydroxylation is 1. The molecule has 0 fully saturated rings. The van der Waals surface area contributed by atoms with Gasteiger partial charge >= 0.3 is 0 Å². The molecule has 10 heteroatoms. The van der Waals surface area contributed by atoms with Crippen molar-refractivity contribution >= 4 is 27.5 Å². The third kappa shape index (κ3) is 4.54. The monoisotopic (exact) mass is 418 g/mol. The lowest BCUT2D eigenvalue weighted by Gasteiger charge is -2.25. The van der Waals surface area contributed by atoms with E-state index in [1.54, 1.807) is 38.4 Å². The van der Waals surface area contributed by atoms with E-state index in [0.717, 1.165) is 9.87 Å². The summed E-state index contributed by atoms with van der Waals surface area (Å²) < 4.78 is 32.5. The van der Waals surface area contributed by atoms with Crippen LogP contribution in [0.5, 0.6) is 5.75 Å². The van der Waals surface area contributed by atoms with Crippen molar-refractivity contribution < 1.29 is 22.7 Å². The molecule has 1 aliphatic heterocycles. The lowest BCUT2D eigenvalue weighted by atomic mass is 10.1. The van der Waals surface area contributed by atoms with Crippen molar-refractivity contribution in [3.8, 4) is 5.75 Å². The zero-order valence-electron chi connectivity index (χ0n) is 16.3. The second-order valence-corrected chi connectivity index (χ2v) is 8.78. The largest absolute Gasteiger partial charge is 0.479 e. The van der Waals surface area contributed by atoms with E-state index in [1.165, 1.54) is 13.1 Å². The summed E-state index contributed by atoms with van der Waals surface area (Å²) in [7, 11) is -2.61. The zero-order chi connectivity index (χ0) is 21.2. The summed E-state index contributed by atoms with van der Waals surface area (Å²) in [5.74, 6) is -0.460. The van der Waals surface area contributed by atoms with Crippen LogP contribution < -0.4 is 15.4 Å². The normalized spacial score (nSPS) is 16.0. The Labute approximate surface area is 169 Å². The van der Waals surface area contributed by atoms with Crippen LogP contribution in [0.3, 0.4) is 0 Å². The number of amides is 2. The number of anilines is 1. The van der Waals surface area contributed by atoms with Crippen molar-refractivity contribution in [1.29, 1.82) is 0 Å². The molecule has 154 valence electrons. The fourth-order valence-corrected chi connectivity index (χ4v) is 4.18. The fraction of sp³-hybridized carbons (Fsp3) is 0.316. The van der Waals surface area contributed by atoms with Gasteiger partial charge < -0.3 is 15.4 Å². The predicted octanol–water partition coefficient (Wildman–Crippen LogP) is 1.05. The molecule has 0 radical (unpaired) electrons. The molecule has 2 N–H and O–H groups in total. The Morgan fingerprint density at radius 1 is 1.38 bits per heavy atom. The topological polar surface area (TPSA) is 118 Å². The standard InChI is InChI=1S/C19H22N4O5S/c1-12-7-15-16(28-13(2)19(25)22-15)8-17(12)29(26,27)23(3)11-18(24)21-10-14-5-4-6-20-9-14/h4-9,13H,10-11H2,1-3H3,(H,21,24)(H,22,25)/t13-/m0/s1. The van der Waals surface area contributed by atoms with E-state index in [-0.39, 0.29) is 29.6 Å². The van der Waals surface area contributed by atoms with Crippen LogP contribution in [0.25, 0.3) is 0 Å². The predicted molar refractivity (Wildman–Crippen MR) is 106 cm³/mol. The van der Waals surface area contributed by atoms with Gasteiger partial charge in [-0.05, 0) is 37.1 Å². The molecule has 1 aliphatic rings. The molecule has 1 atom stereocenters. The number of ether oxygens (including phenoxy) is 1. The number of hydrogen-bond acceptors (Lipinski definition) is 6. The highest BCUT2D eigenvalue weighted by Crippen LogP contribution is 2.35. The molecule has 29 heavy (non-hydrogen) atoms. The Balaban J connectivity index is 1.73. The number of fused-ring (bicyclic) bond motifs is 1. The second-order valence-electron chi connectivity index (χ2n) is 6.76. The van der Waals surface area contributed by atoms with Crippen molar-refractivity contribution in [3.63, 3.8) is 0 Å². The molecule has 2 aromatic rings. The van der Waals surface area contributed by atoms with Crippen LogP contribution in [0.4, 0.5) is 5.69 Å². The van der Waals surface area contributed by atoms with Crippen LogP contribution in [0.2, 0.25) is 0 Å². The highest BCUT2D eigenvalue weighted by molar-refractivity contribution is 7.89. The first-order chi connectivity index (χ1) is 13.7. The number of sulfonamides is 1. The Morgan fingerprint density at radius 2 is 2.14 bits per heavy atom.